The molecule has 1 aromatic carbocycles. The third-order valence-electron chi connectivity index (χ3n) is 7.21. The Morgan fingerprint density at radius 1 is 1.20 bits per heavy atom. The zero-order valence-corrected chi connectivity index (χ0v) is 21.2. The van der Waals surface area contributed by atoms with Crippen molar-refractivity contribution in [3.63, 3.8) is 0 Å². The van der Waals surface area contributed by atoms with Crippen molar-refractivity contribution in [2.45, 2.75) is 65.0 Å². The minimum absolute atomic E-state index is 0.0598. The van der Waals surface area contributed by atoms with Crippen molar-refractivity contribution in [2.24, 2.45) is 10.9 Å². The smallest absolute Gasteiger partial charge is 0.226 e. The molecule has 1 N–H and O–H groups in total. The quantitative estimate of drug-likeness (QED) is 0.528. The Kier molecular flexibility index (Phi) is 5.92. The predicted molar refractivity (Wildman–Crippen MR) is 140 cm³/mol. The molecule has 6 rings (SSSR count). The Hall–Kier alpha value is -3.00. The van der Waals surface area contributed by atoms with Crippen LogP contribution in [0.2, 0.25) is 0 Å². The average Bonchev–Trinajstić information content (AvgIpc) is 3.47. The Bertz CT molecular complexity index is 1310. The molecule has 1 aliphatic carbocycles. The molecule has 3 aliphatic rings. The van der Waals surface area contributed by atoms with E-state index in [9.17, 15) is 4.79 Å². The molecular weight excluding hydrogens is 458 g/mol. The maximum atomic E-state index is 13.2. The van der Waals surface area contributed by atoms with Crippen LogP contribution in [-0.4, -0.2) is 46.2 Å². The molecule has 4 heterocycles. The SMILES string of the molecule is CC(C)Oc1cc2c(cc1Nc1ncnc3sc4c(c13)CCC(C(=O)N1CCCCC1)C4)C=NC2. The zero-order valence-electron chi connectivity index (χ0n) is 20.3. The van der Waals surface area contributed by atoms with Gasteiger partial charge in [-0.05, 0) is 81.2 Å². The van der Waals surface area contributed by atoms with E-state index in [2.05, 4.69) is 37.3 Å². The van der Waals surface area contributed by atoms with Crippen LogP contribution in [-0.2, 0) is 24.2 Å². The molecule has 3 aromatic rings. The molecule has 35 heavy (non-hydrogen) atoms. The highest BCUT2D eigenvalue weighted by Gasteiger charge is 2.32. The third kappa shape index (κ3) is 4.29. The number of nitrogens with one attached hydrogen (secondary N) is 1. The Labute approximate surface area is 209 Å². The van der Waals surface area contributed by atoms with Crippen molar-refractivity contribution in [3.8, 4) is 5.75 Å². The summed E-state index contributed by atoms with van der Waals surface area (Å²) in [5.41, 5.74) is 4.47. The molecule has 8 heteroatoms. The van der Waals surface area contributed by atoms with Gasteiger partial charge in [0.2, 0.25) is 5.91 Å². The molecule has 0 saturated carbocycles. The highest BCUT2D eigenvalue weighted by atomic mass is 32.1. The first-order chi connectivity index (χ1) is 17.1. The van der Waals surface area contributed by atoms with Crippen LogP contribution in [0.3, 0.4) is 0 Å². The van der Waals surface area contributed by atoms with E-state index in [0.29, 0.717) is 12.5 Å². The number of anilines is 2. The lowest BCUT2D eigenvalue weighted by Gasteiger charge is -2.32. The van der Waals surface area contributed by atoms with E-state index in [1.165, 1.54) is 22.4 Å². The summed E-state index contributed by atoms with van der Waals surface area (Å²) in [6.45, 7) is 6.60. The number of ether oxygens (including phenoxy) is 1. The summed E-state index contributed by atoms with van der Waals surface area (Å²) in [7, 11) is 0. The number of benzene rings is 1. The number of hydrogen-bond acceptors (Lipinski definition) is 7. The maximum Gasteiger partial charge on any atom is 0.226 e. The van der Waals surface area contributed by atoms with Crippen LogP contribution in [0.15, 0.2) is 23.5 Å². The Balaban J connectivity index is 1.31. The lowest BCUT2D eigenvalue weighted by Crippen LogP contribution is -2.41. The molecule has 1 unspecified atom stereocenters. The summed E-state index contributed by atoms with van der Waals surface area (Å²) in [4.78, 5) is 31.2. The number of piperidine rings is 1. The number of likely N-dealkylation sites (tertiary alicyclic amines) is 1. The van der Waals surface area contributed by atoms with Crippen LogP contribution in [0.4, 0.5) is 11.5 Å². The fourth-order valence-electron chi connectivity index (χ4n) is 5.50. The molecule has 1 fully saturated rings. The van der Waals surface area contributed by atoms with Crippen LogP contribution in [0.25, 0.3) is 10.2 Å². The van der Waals surface area contributed by atoms with E-state index in [0.717, 1.165) is 78.2 Å². The Morgan fingerprint density at radius 3 is 2.89 bits per heavy atom. The van der Waals surface area contributed by atoms with E-state index in [1.807, 2.05) is 20.1 Å². The minimum atomic E-state index is 0.0598. The van der Waals surface area contributed by atoms with E-state index in [4.69, 9.17) is 4.74 Å². The van der Waals surface area contributed by atoms with Gasteiger partial charge in [0.1, 0.15) is 22.7 Å². The van der Waals surface area contributed by atoms with Gasteiger partial charge in [-0.2, -0.15) is 0 Å². The van der Waals surface area contributed by atoms with Gasteiger partial charge in [-0.1, -0.05) is 0 Å². The summed E-state index contributed by atoms with van der Waals surface area (Å²) >= 11 is 1.71. The first kappa shape index (κ1) is 22.5. The largest absolute Gasteiger partial charge is 0.489 e. The van der Waals surface area contributed by atoms with Gasteiger partial charge in [-0.25, -0.2) is 9.97 Å². The number of amides is 1. The maximum absolute atomic E-state index is 13.2. The molecule has 1 saturated heterocycles. The molecule has 2 aliphatic heterocycles. The summed E-state index contributed by atoms with van der Waals surface area (Å²) in [6.07, 6.45) is 9.69. The molecule has 1 atom stereocenters. The number of thiophene rings is 1. The van der Waals surface area contributed by atoms with Gasteiger partial charge in [-0.3, -0.25) is 9.79 Å². The van der Waals surface area contributed by atoms with Crippen molar-refractivity contribution in [1.82, 2.24) is 14.9 Å². The van der Waals surface area contributed by atoms with Gasteiger partial charge < -0.3 is 15.0 Å². The number of aliphatic imine (C=N–C) groups is 1. The number of carbonyl (C=O) groups is 1. The van der Waals surface area contributed by atoms with Crippen LogP contribution < -0.4 is 10.1 Å². The number of nitrogens with zero attached hydrogens (tertiary/aromatic N) is 4. The zero-order chi connectivity index (χ0) is 23.9. The third-order valence-corrected chi connectivity index (χ3v) is 8.37. The molecule has 182 valence electrons. The van der Waals surface area contributed by atoms with Gasteiger partial charge >= 0.3 is 0 Å². The first-order valence-corrected chi connectivity index (χ1v) is 13.5. The number of fused-ring (bicyclic) bond motifs is 4. The molecule has 2 aromatic heterocycles. The van der Waals surface area contributed by atoms with Crippen molar-refractivity contribution in [2.75, 3.05) is 18.4 Å². The average molecular weight is 490 g/mol. The number of rotatable bonds is 5. The molecule has 7 nitrogen and oxygen atoms in total. The van der Waals surface area contributed by atoms with Crippen LogP contribution in [0.5, 0.6) is 5.75 Å². The second-order valence-corrected chi connectivity index (χ2v) is 11.1. The van der Waals surface area contributed by atoms with E-state index < -0.39 is 0 Å². The fourth-order valence-corrected chi connectivity index (χ4v) is 6.77. The second kappa shape index (κ2) is 9.22. The standard InChI is InChI=1S/C27H31N5O2S/c1-16(2)34-22-11-19-14-28-13-18(19)10-21(22)31-25-24-20-7-6-17(27(33)32-8-4-3-5-9-32)12-23(20)35-26(24)30-15-29-25/h10-11,13,15-17H,3-9,12,14H2,1-2H3,(H,29,30,31). The van der Waals surface area contributed by atoms with E-state index in [1.54, 1.807) is 17.7 Å². The first-order valence-electron chi connectivity index (χ1n) is 12.7. The van der Waals surface area contributed by atoms with Crippen LogP contribution >= 0.6 is 11.3 Å². The summed E-state index contributed by atoms with van der Waals surface area (Å²) in [5.74, 6) is 2.04. The normalized spacial score (nSPS) is 19.2. The predicted octanol–water partition coefficient (Wildman–Crippen LogP) is 5.27. The number of hydrogen-bond donors (Lipinski definition) is 1. The van der Waals surface area contributed by atoms with Crippen molar-refractivity contribution >= 4 is 45.2 Å². The highest BCUT2D eigenvalue weighted by molar-refractivity contribution is 7.19. The lowest BCUT2D eigenvalue weighted by molar-refractivity contribution is -0.136. The molecule has 0 spiro atoms. The van der Waals surface area contributed by atoms with Crippen molar-refractivity contribution < 1.29 is 9.53 Å². The molecule has 0 bridgehead atoms. The topological polar surface area (TPSA) is 79.7 Å². The molecular formula is C27H31N5O2S. The van der Waals surface area contributed by atoms with Gasteiger partial charge in [0, 0.05) is 30.1 Å². The molecule has 1 amide bonds. The highest BCUT2D eigenvalue weighted by Crippen LogP contribution is 2.42. The summed E-state index contributed by atoms with van der Waals surface area (Å²) in [6, 6.07) is 4.19. The number of aryl methyl sites for hydroxylation is 1. The fraction of sp³-hybridized carbons (Fsp3) is 0.481. The second-order valence-electron chi connectivity index (χ2n) is 10.0. The molecule has 0 radical (unpaired) electrons. The Morgan fingerprint density at radius 2 is 2.06 bits per heavy atom. The van der Waals surface area contributed by atoms with E-state index >= 15 is 0 Å². The van der Waals surface area contributed by atoms with Gasteiger partial charge in [-0.15, -0.1) is 11.3 Å². The van der Waals surface area contributed by atoms with Gasteiger partial charge in [0.15, 0.2) is 0 Å². The van der Waals surface area contributed by atoms with Crippen LogP contribution in [0.1, 0.15) is 61.1 Å². The minimum Gasteiger partial charge on any atom is -0.489 e. The van der Waals surface area contributed by atoms with Gasteiger partial charge in [0.25, 0.3) is 0 Å². The number of carbonyl (C=O) groups excluding carboxylic acids is 1. The number of aromatic nitrogens is 2. The van der Waals surface area contributed by atoms with Crippen molar-refractivity contribution in [1.29, 1.82) is 0 Å². The lowest BCUT2D eigenvalue weighted by atomic mass is 9.86. The van der Waals surface area contributed by atoms with E-state index in [-0.39, 0.29) is 12.0 Å². The summed E-state index contributed by atoms with van der Waals surface area (Å²) < 4.78 is 6.15. The van der Waals surface area contributed by atoms with Crippen LogP contribution in [0, 0.1) is 5.92 Å². The van der Waals surface area contributed by atoms with Crippen molar-refractivity contribution in [3.05, 3.63) is 40.0 Å². The van der Waals surface area contributed by atoms with Gasteiger partial charge in [0.05, 0.1) is 23.7 Å². The monoisotopic (exact) mass is 489 g/mol. The summed E-state index contributed by atoms with van der Waals surface area (Å²) in [5, 5.41) is 4.65.